The summed E-state index contributed by atoms with van der Waals surface area (Å²) in [7, 11) is 0. The van der Waals surface area contributed by atoms with Crippen molar-refractivity contribution in [2.75, 3.05) is 17.7 Å². The van der Waals surface area contributed by atoms with Crippen molar-refractivity contribution in [2.24, 2.45) is 0 Å². The Balaban J connectivity index is 2.37. The van der Waals surface area contributed by atoms with Crippen LogP contribution < -0.4 is 11.1 Å². The molecule has 0 saturated carbocycles. The van der Waals surface area contributed by atoms with Crippen molar-refractivity contribution in [1.82, 2.24) is 15.0 Å². The molecule has 0 aliphatic rings. The molecule has 0 amide bonds. The van der Waals surface area contributed by atoms with Gasteiger partial charge in [0.25, 0.3) is 0 Å². The highest BCUT2D eigenvalue weighted by molar-refractivity contribution is 5.85. The minimum absolute atomic E-state index is 0.0468. The fraction of sp³-hybridized carbons (Fsp3) is 0.417. The highest BCUT2D eigenvalue weighted by Gasteiger charge is 2.11. The number of aliphatic hydroxyl groups is 1. The van der Waals surface area contributed by atoms with Gasteiger partial charge in [0.2, 0.25) is 5.95 Å². The molecule has 0 fully saturated rings. The third kappa shape index (κ3) is 2.65. The summed E-state index contributed by atoms with van der Waals surface area (Å²) in [5, 5.41) is 12.5. The topological polar surface area (TPSA) is 97.0 Å². The summed E-state index contributed by atoms with van der Waals surface area (Å²) < 4.78 is 0. The van der Waals surface area contributed by atoms with Gasteiger partial charge in [-0.2, -0.15) is 4.98 Å². The van der Waals surface area contributed by atoms with Crippen LogP contribution in [-0.4, -0.2) is 32.7 Å². The monoisotopic (exact) mass is 247 g/mol. The molecule has 1 atom stereocenters. The zero-order chi connectivity index (χ0) is 13.0. The maximum atomic E-state index is 9.30. The lowest BCUT2D eigenvalue weighted by Gasteiger charge is -2.16. The van der Waals surface area contributed by atoms with E-state index in [4.69, 9.17) is 5.73 Å². The van der Waals surface area contributed by atoms with E-state index in [0.29, 0.717) is 16.9 Å². The number of nitrogens with zero attached hydrogens (tertiary/aromatic N) is 3. The van der Waals surface area contributed by atoms with Gasteiger partial charge in [-0.05, 0) is 18.6 Å². The number of nitrogens with two attached hydrogens (primary N) is 1. The first kappa shape index (κ1) is 12.5. The SMILES string of the molecule is CCC[C@@H](CO)Nc1nc(N)nc2cccnc12. The molecule has 0 saturated heterocycles. The molecule has 2 aromatic heterocycles. The van der Waals surface area contributed by atoms with Crippen molar-refractivity contribution in [3.63, 3.8) is 0 Å². The molecule has 0 aliphatic heterocycles. The molecule has 6 heteroatoms. The van der Waals surface area contributed by atoms with Crippen LogP contribution in [0.2, 0.25) is 0 Å². The standard InChI is InChI=1S/C12H17N5O/c1-2-4-8(7-18)15-11-10-9(5-3-6-14-10)16-12(13)17-11/h3,5-6,8,18H,2,4,7H2,1H3,(H3,13,15,16,17)/t8-/m0/s1. The summed E-state index contributed by atoms with van der Waals surface area (Å²) in [6.45, 7) is 2.11. The maximum absolute atomic E-state index is 9.30. The molecule has 96 valence electrons. The van der Waals surface area contributed by atoms with E-state index in [1.54, 1.807) is 12.3 Å². The maximum Gasteiger partial charge on any atom is 0.222 e. The van der Waals surface area contributed by atoms with Crippen LogP contribution in [0.3, 0.4) is 0 Å². The summed E-state index contributed by atoms with van der Waals surface area (Å²) in [6.07, 6.45) is 3.51. The van der Waals surface area contributed by atoms with Crippen LogP contribution in [0.1, 0.15) is 19.8 Å². The van der Waals surface area contributed by atoms with Gasteiger partial charge in [-0.15, -0.1) is 0 Å². The zero-order valence-electron chi connectivity index (χ0n) is 10.3. The lowest BCUT2D eigenvalue weighted by Crippen LogP contribution is -2.24. The van der Waals surface area contributed by atoms with Crippen molar-refractivity contribution in [2.45, 2.75) is 25.8 Å². The molecule has 0 bridgehead atoms. The Kier molecular flexibility index (Phi) is 3.88. The Hall–Kier alpha value is -1.95. The predicted octanol–water partition coefficient (Wildman–Crippen LogP) is 1.18. The molecule has 0 unspecified atom stereocenters. The highest BCUT2D eigenvalue weighted by Crippen LogP contribution is 2.19. The van der Waals surface area contributed by atoms with Gasteiger partial charge in [0.05, 0.1) is 18.2 Å². The first-order valence-corrected chi connectivity index (χ1v) is 6.00. The van der Waals surface area contributed by atoms with Crippen LogP contribution in [-0.2, 0) is 0 Å². The second-order valence-corrected chi connectivity index (χ2v) is 4.11. The van der Waals surface area contributed by atoms with Gasteiger partial charge in [0.15, 0.2) is 5.82 Å². The van der Waals surface area contributed by atoms with E-state index >= 15 is 0 Å². The quantitative estimate of drug-likeness (QED) is 0.734. The highest BCUT2D eigenvalue weighted by atomic mass is 16.3. The van der Waals surface area contributed by atoms with Crippen molar-refractivity contribution >= 4 is 22.8 Å². The van der Waals surface area contributed by atoms with Crippen LogP contribution in [0.4, 0.5) is 11.8 Å². The second kappa shape index (κ2) is 5.59. The van der Waals surface area contributed by atoms with Crippen LogP contribution in [0.5, 0.6) is 0 Å². The van der Waals surface area contributed by atoms with Crippen molar-refractivity contribution in [3.8, 4) is 0 Å². The Bertz CT molecular complexity index is 531. The third-order valence-electron chi connectivity index (χ3n) is 2.67. The molecule has 0 spiro atoms. The van der Waals surface area contributed by atoms with E-state index in [2.05, 4.69) is 27.2 Å². The number of anilines is 2. The molecule has 0 aromatic carbocycles. The molecule has 2 rings (SSSR count). The molecule has 18 heavy (non-hydrogen) atoms. The van der Waals surface area contributed by atoms with Crippen LogP contribution in [0.15, 0.2) is 18.3 Å². The van der Waals surface area contributed by atoms with Crippen LogP contribution in [0, 0.1) is 0 Å². The van der Waals surface area contributed by atoms with E-state index in [-0.39, 0.29) is 18.6 Å². The number of aromatic nitrogens is 3. The van der Waals surface area contributed by atoms with E-state index in [0.717, 1.165) is 12.8 Å². The lowest BCUT2D eigenvalue weighted by atomic mass is 10.2. The molecule has 4 N–H and O–H groups in total. The predicted molar refractivity (Wildman–Crippen MR) is 71.1 cm³/mol. The number of hydrogen-bond donors (Lipinski definition) is 3. The van der Waals surface area contributed by atoms with Crippen molar-refractivity contribution in [1.29, 1.82) is 0 Å². The molecule has 6 nitrogen and oxygen atoms in total. The van der Waals surface area contributed by atoms with Crippen molar-refractivity contribution < 1.29 is 5.11 Å². The van der Waals surface area contributed by atoms with E-state index < -0.39 is 0 Å². The number of aliphatic hydroxyl groups excluding tert-OH is 1. The van der Waals surface area contributed by atoms with E-state index in [1.165, 1.54) is 0 Å². The molecular formula is C12H17N5O. The number of pyridine rings is 1. The zero-order valence-corrected chi connectivity index (χ0v) is 10.3. The Labute approximate surface area is 105 Å². The lowest BCUT2D eigenvalue weighted by molar-refractivity contribution is 0.268. The molecule has 2 heterocycles. The number of nitrogens with one attached hydrogen (secondary N) is 1. The Morgan fingerprint density at radius 2 is 2.28 bits per heavy atom. The Morgan fingerprint density at radius 1 is 1.44 bits per heavy atom. The molecule has 2 aromatic rings. The fourth-order valence-electron chi connectivity index (χ4n) is 1.84. The number of nitrogen functional groups attached to an aromatic ring is 1. The van der Waals surface area contributed by atoms with Gasteiger partial charge in [-0.25, -0.2) is 4.98 Å². The smallest absolute Gasteiger partial charge is 0.222 e. The average molecular weight is 247 g/mol. The molecular weight excluding hydrogens is 230 g/mol. The summed E-state index contributed by atoms with van der Waals surface area (Å²) in [4.78, 5) is 12.5. The van der Waals surface area contributed by atoms with Crippen LogP contribution in [0.25, 0.3) is 11.0 Å². The van der Waals surface area contributed by atoms with Crippen molar-refractivity contribution in [3.05, 3.63) is 18.3 Å². The summed E-state index contributed by atoms with van der Waals surface area (Å²) >= 11 is 0. The van der Waals surface area contributed by atoms with Gasteiger partial charge in [0, 0.05) is 6.20 Å². The minimum atomic E-state index is -0.0468. The Morgan fingerprint density at radius 3 is 3.00 bits per heavy atom. The fourth-order valence-corrected chi connectivity index (χ4v) is 1.84. The summed E-state index contributed by atoms with van der Waals surface area (Å²) in [5.74, 6) is 0.775. The van der Waals surface area contributed by atoms with Gasteiger partial charge in [-0.3, -0.25) is 4.98 Å². The van der Waals surface area contributed by atoms with Gasteiger partial charge in [-0.1, -0.05) is 13.3 Å². The normalized spacial score (nSPS) is 12.6. The second-order valence-electron chi connectivity index (χ2n) is 4.11. The van der Waals surface area contributed by atoms with Crippen LogP contribution >= 0.6 is 0 Å². The average Bonchev–Trinajstić information content (AvgIpc) is 2.38. The third-order valence-corrected chi connectivity index (χ3v) is 2.67. The minimum Gasteiger partial charge on any atom is -0.394 e. The number of rotatable bonds is 5. The van der Waals surface area contributed by atoms with Gasteiger partial charge < -0.3 is 16.2 Å². The number of fused-ring (bicyclic) bond motifs is 1. The molecule has 0 radical (unpaired) electrons. The first-order valence-electron chi connectivity index (χ1n) is 6.00. The summed E-state index contributed by atoms with van der Waals surface area (Å²) in [6, 6.07) is 3.59. The largest absolute Gasteiger partial charge is 0.394 e. The summed E-state index contributed by atoms with van der Waals surface area (Å²) in [5.41, 5.74) is 7.03. The van der Waals surface area contributed by atoms with E-state index in [9.17, 15) is 5.11 Å². The van der Waals surface area contributed by atoms with E-state index in [1.807, 2.05) is 6.07 Å². The molecule has 0 aliphatic carbocycles. The number of hydrogen-bond acceptors (Lipinski definition) is 6. The van der Waals surface area contributed by atoms with Gasteiger partial charge in [0.1, 0.15) is 5.52 Å². The van der Waals surface area contributed by atoms with Gasteiger partial charge >= 0.3 is 0 Å². The first-order chi connectivity index (χ1) is 8.74.